The Balaban J connectivity index is 2.27. The van der Waals surface area contributed by atoms with Crippen molar-refractivity contribution in [3.8, 4) is 11.5 Å². The van der Waals surface area contributed by atoms with E-state index in [1.165, 1.54) is 10.6 Å². The number of thioether (sulfide) groups is 1. The molecule has 0 spiro atoms. The van der Waals surface area contributed by atoms with Crippen LogP contribution in [0, 0.1) is 0 Å². The average Bonchev–Trinajstić information content (AvgIpc) is 2.65. The summed E-state index contributed by atoms with van der Waals surface area (Å²) in [5, 5.41) is 6.08. The number of nitrogens with one attached hydrogen (secondary N) is 1. The van der Waals surface area contributed by atoms with Crippen LogP contribution < -0.4 is 25.4 Å². The van der Waals surface area contributed by atoms with Gasteiger partial charge in [-0.2, -0.15) is 11.8 Å². The quantitative estimate of drug-likeness (QED) is 0.519. The molecule has 0 aromatic heterocycles. The van der Waals surface area contributed by atoms with Crippen LogP contribution in [0.1, 0.15) is 0 Å². The first kappa shape index (κ1) is 19.1. The van der Waals surface area contributed by atoms with Gasteiger partial charge in [0.1, 0.15) is 11.5 Å². The third-order valence-corrected chi connectivity index (χ3v) is 6.93. The molecule has 0 radical (unpaired) electrons. The highest BCUT2D eigenvalue weighted by Crippen LogP contribution is 2.39. The predicted molar refractivity (Wildman–Crippen MR) is 108 cm³/mol. The van der Waals surface area contributed by atoms with E-state index in [0.717, 1.165) is 36.5 Å². The standard InChI is InChI=1S/C19H26NO2PS/c1-21-16-8-4-6-10-18(16)23(14-12-20-13-15-24-3)19-11-7-5-9-17(19)22-2/h4-11,20H,12-15H2,1-3H3. The van der Waals surface area contributed by atoms with Crippen LogP contribution in [0.4, 0.5) is 0 Å². The summed E-state index contributed by atoms with van der Waals surface area (Å²) in [5.74, 6) is 3.05. The van der Waals surface area contributed by atoms with Gasteiger partial charge in [0.2, 0.25) is 0 Å². The van der Waals surface area contributed by atoms with Crippen LogP contribution in [0.2, 0.25) is 0 Å². The van der Waals surface area contributed by atoms with Crippen LogP contribution in [-0.2, 0) is 0 Å². The molecule has 0 amide bonds. The normalized spacial score (nSPS) is 10.8. The van der Waals surface area contributed by atoms with Crippen molar-refractivity contribution < 1.29 is 9.47 Å². The molecule has 0 atom stereocenters. The van der Waals surface area contributed by atoms with E-state index in [1.807, 2.05) is 36.0 Å². The topological polar surface area (TPSA) is 30.5 Å². The lowest BCUT2D eigenvalue weighted by Crippen LogP contribution is -2.25. The summed E-state index contributed by atoms with van der Waals surface area (Å²) in [7, 11) is 2.94. The zero-order valence-corrected chi connectivity index (χ0v) is 16.3. The van der Waals surface area contributed by atoms with E-state index >= 15 is 0 Å². The van der Waals surface area contributed by atoms with Gasteiger partial charge in [0.05, 0.1) is 14.2 Å². The van der Waals surface area contributed by atoms with E-state index in [1.54, 1.807) is 14.2 Å². The fourth-order valence-corrected chi connectivity index (χ4v) is 5.43. The molecule has 0 aliphatic carbocycles. The van der Waals surface area contributed by atoms with Crippen LogP contribution in [0.25, 0.3) is 0 Å². The fraction of sp³-hybridized carbons (Fsp3) is 0.368. The summed E-state index contributed by atoms with van der Waals surface area (Å²) in [6, 6.07) is 16.7. The zero-order chi connectivity index (χ0) is 17.2. The number of ether oxygens (including phenoxy) is 2. The lowest BCUT2D eigenvalue weighted by Gasteiger charge is -2.23. The van der Waals surface area contributed by atoms with Crippen molar-refractivity contribution in [2.24, 2.45) is 0 Å². The van der Waals surface area contributed by atoms with Crippen LogP contribution >= 0.6 is 19.7 Å². The van der Waals surface area contributed by atoms with Crippen LogP contribution in [0.5, 0.6) is 11.5 Å². The summed E-state index contributed by atoms with van der Waals surface area (Å²) in [6.45, 7) is 2.03. The van der Waals surface area contributed by atoms with Crippen LogP contribution in [-0.4, -0.2) is 45.5 Å². The van der Waals surface area contributed by atoms with E-state index in [0.29, 0.717) is 0 Å². The van der Waals surface area contributed by atoms with Gasteiger partial charge in [0, 0.05) is 22.9 Å². The molecule has 2 aromatic rings. The molecule has 0 aliphatic rings. The monoisotopic (exact) mass is 363 g/mol. The number of hydrogen-bond donors (Lipinski definition) is 1. The Hall–Kier alpha value is -1.22. The summed E-state index contributed by atoms with van der Waals surface area (Å²) in [4.78, 5) is 0. The zero-order valence-electron chi connectivity index (χ0n) is 14.6. The maximum absolute atomic E-state index is 5.62. The van der Waals surface area contributed by atoms with Crippen molar-refractivity contribution in [2.75, 3.05) is 45.5 Å². The molecule has 0 heterocycles. The highest BCUT2D eigenvalue weighted by atomic mass is 32.2. The van der Waals surface area contributed by atoms with Gasteiger partial charge in [-0.1, -0.05) is 36.4 Å². The Morgan fingerprint density at radius 1 is 0.875 bits per heavy atom. The summed E-state index contributed by atoms with van der Waals surface area (Å²) in [6.07, 6.45) is 3.20. The lowest BCUT2D eigenvalue weighted by atomic mass is 10.3. The molecule has 0 fully saturated rings. The summed E-state index contributed by atoms with van der Waals surface area (Å²) < 4.78 is 11.2. The molecule has 24 heavy (non-hydrogen) atoms. The molecule has 0 aliphatic heterocycles. The first-order valence-corrected chi connectivity index (χ1v) is 11.0. The molecule has 2 rings (SSSR count). The van der Waals surface area contributed by atoms with Crippen molar-refractivity contribution in [3.63, 3.8) is 0 Å². The number of rotatable bonds is 10. The molecule has 0 unspecified atom stereocenters. The Kier molecular flexibility index (Phi) is 8.44. The first-order valence-electron chi connectivity index (χ1n) is 8.05. The van der Waals surface area contributed by atoms with Gasteiger partial charge >= 0.3 is 0 Å². The second-order valence-corrected chi connectivity index (χ2v) is 8.49. The van der Waals surface area contributed by atoms with E-state index in [-0.39, 0.29) is 0 Å². The van der Waals surface area contributed by atoms with Gasteiger partial charge in [-0.15, -0.1) is 0 Å². The van der Waals surface area contributed by atoms with Crippen molar-refractivity contribution in [1.29, 1.82) is 0 Å². The third-order valence-electron chi connectivity index (χ3n) is 3.75. The first-order chi connectivity index (χ1) is 11.8. The smallest absolute Gasteiger partial charge is 0.126 e. The molecular formula is C19H26NO2PS. The highest BCUT2D eigenvalue weighted by Gasteiger charge is 2.20. The minimum absolute atomic E-state index is 0.544. The van der Waals surface area contributed by atoms with Gasteiger partial charge in [0.25, 0.3) is 0 Å². The Morgan fingerprint density at radius 2 is 1.42 bits per heavy atom. The molecule has 3 nitrogen and oxygen atoms in total. The fourth-order valence-electron chi connectivity index (χ4n) is 2.57. The minimum atomic E-state index is -0.544. The predicted octanol–water partition coefficient (Wildman–Crippen LogP) is 3.09. The van der Waals surface area contributed by atoms with E-state index in [9.17, 15) is 0 Å². The maximum Gasteiger partial charge on any atom is 0.126 e. The molecule has 2 aromatic carbocycles. The third kappa shape index (κ3) is 5.14. The molecular weight excluding hydrogens is 337 g/mol. The molecule has 0 saturated carbocycles. The second kappa shape index (κ2) is 10.6. The molecule has 0 saturated heterocycles. The molecule has 0 bridgehead atoms. The second-order valence-electron chi connectivity index (χ2n) is 5.24. The van der Waals surface area contributed by atoms with Crippen molar-refractivity contribution >= 4 is 30.3 Å². The van der Waals surface area contributed by atoms with E-state index < -0.39 is 7.92 Å². The van der Waals surface area contributed by atoms with Gasteiger partial charge in [-0.3, -0.25) is 0 Å². The average molecular weight is 363 g/mol. The lowest BCUT2D eigenvalue weighted by molar-refractivity contribution is 0.417. The Morgan fingerprint density at radius 3 is 1.92 bits per heavy atom. The van der Waals surface area contributed by atoms with Crippen LogP contribution in [0.3, 0.4) is 0 Å². The number of benzene rings is 2. The summed E-state index contributed by atoms with van der Waals surface area (Å²) >= 11 is 1.87. The largest absolute Gasteiger partial charge is 0.496 e. The Bertz CT molecular complexity index is 576. The SMILES string of the molecule is COc1ccccc1P(CCNCCSC)c1ccccc1OC. The van der Waals surface area contributed by atoms with Crippen LogP contribution in [0.15, 0.2) is 48.5 Å². The molecule has 1 N–H and O–H groups in total. The van der Waals surface area contributed by atoms with Crippen molar-refractivity contribution in [2.45, 2.75) is 0 Å². The molecule has 130 valence electrons. The maximum atomic E-state index is 5.62. The number of para-hydroxylation sites is 2. The highest BCUT2D eigenvalue weighted by molar-refractivity contribution is 7.98. The molecule has 5 heteroatoms. The van der Waals surface area contributed by atoms with E-state index in [2.05, 4.69) is 35.8 Å². The Labute approximate surface area is 150 Å². The minimum Gasteiger partial charge on any atom is -0.496 e. The van der Waals surface area contributed by atoms with Crippen molar-refractivity contribution in [3.05, 3.63) is 48.5 Å². The van der Waals surface area contributed by atoms with E-state index in [4.69, 9.17) is 9.47 Å². The summed E-state index contributed by atoms with van der Waals surface area (Å²) in [5.41, 5.74) is 0. The van der Waals surface area contributed by atoms with Gasteiger partial charge < -0.3 is 14.8 Å². The number of methoxy groups -OCH3 is 2. The van der Waals surface area contributed by atoms with Gasteiger partial charge in [-0.05, 0) is 39.0 Å². The van der Waals surface area contributed by atoms with Gasteiger partial charge in [0.15, 0.2) is 0 Å². The number of hydrogen-bond acceptors (Lipinski definition) is 4. The van der Waals surface area contributed by atoms with Crippen molar-refractivity contribution in [1.82, 2.24) is 5.32 Å². The van der Waals surface area contributed by atoms with Gasteiger partial charge in [-0.25, -0.2) is 0 Å².